The number of aromatic nitrogens is 3. The smallest absolute Gasteiger partial charge is 0.125 e. The molecule has 1 saturated carbocycles. The predicted octanol–water partition coefficient (Wildman–Crippen LogP) is 9.20. The molecule has 7 rings (SSSR count). The van der Waals surface area contributed by atoms with Crippen LogP contribution in [-0.4, -0.2) is 138 Å². The Labute approximate surface area is 413 Å². The number of fused-ring (bicyclic) bond motifs is 4. The Hall–Kier alpha value is -3.22. The molecule has 10 nitrogen and oxygen atoms in total. The highest BCUT2D eigenvalue weighted by atomic mass is 15.3. The number of nitrogens with zero attached hydrogens (tertiary/aromatic N) is 6. The second kappa shape index (κ2) is 24.8. The van der Waals surface area contributed by atoms with Crippen molar-refractivity contribution in [3.8, 4) is 0 Å². The molecule has 3 fully saturated rings. The Bertz CT molecular complexity index is 2150. The Morgan fingerprint density at radius 3 is 2.25 bits per heavy atom. The van der Waals surface area contributed by atoms with Gasteiger partial charge in [-0.2, -0.15) is 0 Å². The lowest BCUT2D eigenvalue weighted by molar-refractivity contribution is 0.0703. The van der Waals surface area contributed by atoms with Crippen molar-refractivity contribution < 1.29 is 0 Å². The molecule has 2 aliphatic heterocycles. The van der Waals surface area contributed by atoms with E-state index in [-0.39, 0.29) is 17.6 Å². The van der Waals surface area contributed by atoms with E-state index in [0.29, 0.717) is 42.0 Å². The van der Waals surface area contributed by atoms with E-state index in [9.17, 15) is 0 Å². The molecule has 68 heavy (non-hydrogen) atoms. The van der Waals surface area contributed by atoms with Crippen LogP contribution in [0.4, 0.5) is 0 Å². The number of rotatable bonds is 12. The first-order valence-corrected chi connectivity index (χ1v) is 27.2. The van der Waals surface area contributed by atoms with Crippen LogP contribution >= 0.6 is 0 Å². The normalized spacial score (nSPS) is 27.8. The third kappa shape index (κ3) is 14.7. The summed E-state index contributed by atoms with van der Waals surface area (Å²) in [5, 5.41) is 19.3. The number of likely N-dealkylation sites (N-methyl/N-ethyl adjacent to an activating group) is 2. The fourth-order valence-corrected chi connectivity index (χ4v) is 12.1. The van der Waals surface area contributed by atoms with E-state index in [1.54, 1.807) is 0 Å². The number of para-hydroxylation sites is 1. The van der Waals surface area contributed by atoms with Crippen molar-refractivity contribution in [3.63, 3.8) is 0 Å². The summed E-state index contributed by atoms with van der Waals surface area (Å²) in [7, 11) is 4.78. The van der Waals surface area contributed by atoms with Crippen molar-refractivity contribution in [1.82, 2.24) is 50.5 Å². The van der Waals surface area contributed by atoms with Gasteiger partial charge in [-0.05, 0) is 134 Å². The van der Waals surface area contributed by atoms with Crippen molar-refractivity contribution in [1.29, 1.82) is 0 Å². The van der Waals surface area contributed by atoms with Crippen molar-refractivity contribution in [2.24, 2.45) is 17.8 Å². The average Bonchev–Trinajstić information content (AvgIpc) is 3.97. The molecule has 2 aromatic carbocycles. The minimum Gasteiger partial charge on any atom is -0.338 e. The van der Waals surface area contributed by atoms with Crippen molar-refractivity contribution >= 4 is 21.8 Å². The number of hydrogen-bond acceptors (Lipinski definition) is 9. The quantitative estimate of drug-likeness (QED) is 0.104. The highest BCUT2D eigenvalue weighted by molar-refractivity contribution is 5.84. The SMILES string of the molecule is C=CC(C)(C)n1cc(C[C@H]2CN(C)[C@@H](CC(C)C)CN[C@@H](Cc3ccc4cnc(C)nc4c3)CN[C@@H](C)CN(C)[C@H]3CCCN(C3)[C@@H](CC(C)C)CN[C@@H](CC3CCCC3)CN2)c2ccccc21. The molecule has 3 aliphatic rings. The zero-order valence-electron chi connectivity index (χ0n) is 44.4. The second-order valence-electron chi connectivity index (χ2n) is 23.4. The second-order valence-corrected chi connectivity index (χ2v) is 23.4. The first-order valence-electron chi connectivity index (χ1n) is 27.2. The summed E-state index contributed by atoms with van der Waals surface area (Å²) >= 11 is 0. The van der Waals surface area contributed by atoms with Gasteiger partial charge >= 0.3 is 0 Å². The lowest BCUT2D eigenvalue weighted by Gasteiger charge is -2.43. The molecule has 2 saturated heterocycles. The zero-order chi connectivity index (χ0) is 48.4. The minimum absolute atomic E-state index is 0.194. The summed E-state index contributed by atoms with van der Waals surface area (Å²) in [6.45, 7) is 31.1. The van der Waals surface area contributed by atoms with Gasteiger partial charge in [0.1, 0.15) is 5.82 Å². The van der Waals surface area contributed by atoms with E-state index in [2.05, 4.69) is 169 Å². The third-order valence-corrected chi connectivity index (χ3v) is 16.1. The molecule has 376 valence electrons. The number of piperidine rings is 1. The Morgan fingerprint density at radius 2 is 1.49 bits per heavy atom. The van der Waals surface area contributed by atoms with E-state index in [1.807, 2.05) is 13.1 Å². The van der Waals surface area contributed by atoms with Gasteiger partial charge in [-0.25, -0.2) is 9.97 Å². The van der Waals surface area contributed by atoms with E-state index in [0.717, 1.165) is 87.7 Å². The van der Waals surface area contributed by atoms with E-state index < -0.39 is 0 Å². The average molecular weight is 931 g/mol. The molecule has 2 aromatic heterocycles. The van der Waals surface area contributed by atoms with Crippen molar-refractivity contribution in [2.75, 3.05) is 66.5 Å². The molecule has 4 N–H and O–H groups in total. The number of hydrogen-bond donors (Lipinski definition) is 4. The van der Waals surface area contributed by atoms with Crippen LogP contribution in [0.5, 0.6) is 0 Å². The van der Waals surface area contributed by atoms with Crippen LogP contribution in [0.2, 0.25) is 0 Å². The Balaban J connectivity index is 1.22. The van der Waals surface area contributed by atoms with E-state index in [1.165, 1.54) is 79.9 Å². The summed E-state index contributed by atoms with van der Waals surface area (Å²) in [6.07, 6.45) is 20.1. The van der Waals surface area contributed by atoms with E-state index >= 15 is 0 Å². The van der Waals surface area contributed by atoms with Crippen molar-refractivity contribution in [2.45, 2.75) is 174 Å². The molecule has 2 bridgehead atoms. The first kappa shape index (κ1) is 52.6. The summed E-state index contributed by atoms with van der Waals surface area (Å²) in [5.41, 5.74) is 4.87. The van der Waals surface area contributed by atoms with Crippen LogP contribution in [0.15, 0.2) is 67.5 Å². The standard InChI is InChI=1S/C58H94N10/c1-12-58(8,9)68-38-48(55-21-15-16-22-57(55)68)31-51-39-66(11)53(26-41(2)3)35-62-50(29-46-23-24-47-32-60-44(7)64-56(47)30-46)33-59-43(6)37-65(10)52-20-17-25-67(40-52)54(27-42(4)5)36-63-49(34-61-51)28-45-18-13-14-19-45/h12,15-16,21-24,30,32,38,41-43,45,49-54,59,61-63H,1,13-14,17-20,25-29,31,33-37,39-40H2,2-11H3/t43-,49-,50-,51-,52-,53-,54-/m0/s1. The van der Waals surface area contributed by atoms with Gasteiger partial charge in [0.25, 0.3) is 0 Å². The van der Waals surface area contributed by atoms with Gasteiger partial charge in [0.2, 0.25) is 0 Å². The van der Waals surface area contributed by atoms with Gasteiger partial charge in [0.15, 0.2) is 0 Å². The number of benzene rings is 2. The molecule has 0 radical (unpaired) electrons. The molecule has 0 spiro atoms. The molecular formula is C58H94N10. The molecule has 4 heterocycles. The first-order chi connectivity index (χ1) is 32.6. The molecule has 1 aliphatic carbocycles. The van der Waals surface area contributed by atoms with Gasteiger partial charge < -0.3 is 35.6 Å². The molecule has 8 atom stereocenters. The lowest BCUT2D eigenvalue weighted by atomic mass is 9.95. The number of nitrogens with one attached hydrogen (secondary N) is 4. The highest BCUT2D eigenvalue weighted by Crippen LogP contribution is 2.31. The number of allylic oxidation sites excluding steroid dienone is 1. The van der Waals surface area contributed by atoms with Crippen LogP contribution in [0.3, 0.4) is 0 Å². The molecule has 4 aromatic rings. The predicted molar refractivity (Wildman–Crippen MR) is 289 cm³/mol. The Morgan fingerprint density at radius 1 is 0.779 bits per heavy atom. The van der Waals surface area contributed by atoms with Crippen LogP contribution in [0.1, 0.15) is 123 Å². The zero-order valence-corrected chi connectivity index (χ0v) is 44.4. The van der Waals surface area contributed by atoms with Crippen LogP contribution in [-0.2, 0) is 18.4 Å². The Kier molecular flexibility index (Phi) is 19.1. The fraction of sp³-hybridized carbons (Fsp3) is 0.690. The summed E-state index contributed by atoms with van der Waals surface area (Å²) in [6, 6.07) is 18.6. The van der Waals surface area contributed by atoms with Crippen LogP contribution in [0, 0.1) is 24.7 Å². The lowest BCUT2D eigenvalue weighted by Crippen LogP contribution is -2.56. The monoisotopic (exact) mass is 931 g/mol. The van der Waals surface area contributed by atoms with Crippen molar-refractivity contribution in [3.05, 3.63) is 84.5 Å². The third-order valence-electron chi connectivity index (χ3n) is 16.1. The minimum atomic E-state index is -0.194. The van der Waals surface area contributed by atoms with Gasteiger partial charge in [-0.3, -0.25) is 4.90 Å². The maximum absolute atomic E-state index is 4.82. The molecule has 10 heteroatoms. The van der Waals surface area contributed by atoms with Gasteiger partial charge in [-0.1, -0.05) is 89.8 Å². The maximum atomic E-state index is 4.82. The van der Waals surface area contributed by atoms with Gasteiger partial charge in [0.05, 0.1) is 11.1 Å². The maximum Gasteiger partial charge on any atom is 0.125 e. The van der Waals surface area contributed by atoms with Gasteiger partial charge in [-0.15, -0.1) is 6.58 Å². The van der Waals surface area contributed by atoms with Gasteiger partial charge in [0, 0.05) is 117 Å². The highest BCUT2D eigenvalue weighted by Gasteiger charge is 2.32. The van der Waals surface area contributed by atoms with Crippen LogP contribution in [0.25, 0.3) is 21.8 Å². The van der Waals surface area contributed by atoms with Crippen LogP contribution < -0.4 is 21.3 Å². The summed E-state index contributed by atoms with van der Waals surface area (Å²) in [4.78, 5) is 17.5. The molecule has 1 unspecified atom stereocenters. The molecule has 0 amide bonds. The van der Waals surface area contributed by atoms with E-state index in [4.69, 9.17) is 4.98 Å². The summed E-state index contributed by atoms with van der Waals surface area (Å²) < 4.78 is 2.45. The fourth-order valence-electron chi connectivity index (χ4n) is 12.1. The summed E-state index contributed by atoms with van der Waals surface area (Å²) in [5.74, 6) is 2.87. The largest absolute Gasteiger partial charge is 0.338 e. The number of aryl methyl sites for hydroxylation is 1. The molecular weight excluding hydrogens is 837 g/mol. The topological polar surface area (TPSA) is 88.6 Å².